The minimum atomic E-state index is -0.863. The van der Waals surface area contributed by atoms with Crippen LogP contribution in [0.1, 0.15) is 30.1 Å². The second-order valence-corrected chi connectivity index (χ2v) is 4.73. The molecule has 16 heavy (non-hydrogen) atoms. The van der Waals surface area contributed by atoms with Crippen molar-refractivity contribution in [1.82, 2.24) is 0 Å². The predicted octanol–water partition coefficient (Wildman–Crippen LogP) is 3.25. The molecule has 2 rings (SSSR count). The van der Waals surface area contributed by atoms with Crippen LogP contribution in [0.15, 0.2) is 29.6 Å². The summed E-state index contributed by atoms with van der Waals surface area (Å²) >= 11 is 1.55. The number of Topliss-reactive ketones (excluding diaryl/α,β-unsaturated/α-hetero) is 1. The Morgan fingerprint density at radius 2 is 2.25 bits per heavy atom. The van der Waals surface area contributed by atoms with Gasteiger partial charge in [0.2, 0.25) is 0 Å². The van der Waals surface area contributed by atoms with E-state index in [4.69, 9.17) is 0 Å². The van der Waals surface area contributed by atoms with Gasteiger partial charge in [-0.15, -0.1) is 11.3 Å². The number of hydrogen-bond donors (Lipinski definition) is 1. The van der Waals surface area contributed by atoms with E-state index < -0.39 is 6.10 Å². The van der Waals surface area contributed by atoms with Crippen LogP contribution in [0.2, 0.25) is 0 Å². The number of rotatable bonds is 4. The molecular weight excluding hydrogens is 220 g/mol. The Labute approximate surface area is 98.5 Å². The van der Waals surface area contributed by atoms with Gasteiger partial charge in [-0.2, -0.15) is 0 Å². The lowest BCUT2D eigenvalue weighted by Crippen LogP contribution is -2.20. The Kier molecular flexibility index (Phi) is 3.36. The number of fused-ring (bicyclic) bond motifs is 1. The first-order valence-electron chi connectivity index (χ1n) is 5.42. The van der Waals surface area contributed by atoms with Gasteiger partial charge in [0.25, 0.3) is 0 Å². The maximum absolute atomic E-state index is 12.0. The number of aliphatic hydroxyl groups is 1. The molecule has 0 radical (unpaired) electrons. The molecule has 84 valence electrons. The molecule has 0 aliphatic carbocycles. The molecule has 0 aliphatic rings. The lowest BCUT2D eigenvalue weighted by atomic mass is 10.0. The molecule has 0 fully saturated rings. The maximum atomic E-state index is 12.0. The zero-order valence-corrected chi connectivity index (χ0v) is 9.96. The molecule has 3 heteroatoms. The molecule has 0 saturated heterocycles. The lowest BCUT2D eigenvalue weighted by Gasteiger charge is -2.08. The van der Waals surface area contributed by atoms with Crippen molar-refractivity contribution < 1.29 is 9.90 Å². The minimum absolute atomic E-state index is 0.157. The first-order chi connectivity index (χ1) is 7.74. The van der Waals surface area contributed by atoms with Crippen LogP contribution < -0.4 is 0 Å². The van der Waals surface area contributed by atoms with Gasteiger partial charge in [-0.25, -0.2) is 0 Å². The number of hydrogen-bond acceptors (Lipinski definition) is 3. The van der Waals surface area contributed by atoms with Crippen LogP contribution in [0.25, 0.3) is 10.1 Å². The normalized spacial score (nSPS) is 12.9. The number of ketones is 1. The van der Waals surface area contributed by atoms with Crippen LogP contribution in [0, 0.1) is 0 Å². The summed E-state index contributed by atoms with van der Waals surface area (Å²) in [6.07, 6.45) is 0.478. The molecule has 0 saturated carbocycles. The fourth-order valence-corrected chi connectivity index (χ4v) is 2.69. The van der Waals surface area contributed by atoms with Crippen molar-refractivity contribution in [2.45, 2.75) is 25.9 Å². The minimum Gasteiger partial charge on any atom is -0.385 e. The molecule has 1 heterocycles. The smallest absolute Gasteiger partial charge is 0.192 e. The van der Waals surface area contributed by atoms with E-state index in [0.717, 1.165) is 16.5 Å². The third-order valence-corrected chi connectivity index (χ3v) is 3.57. The van der Waals surface area contributed by atoms with Crippen molar-refractivity contribution in [3.8, 4) is 0 Å². The van der Waals surface area contributed by atoms with Gasteiger partial charge in [-0.3, -0.25) is 4.79 Å². The number of carbonyl (C=O) groups is 1. The maximum Gasteiger partial charge on any atom is 0.192 e. The van der Waals surface area contributed by atoms with Crippen LogP contribution in [-0.2, 0) is 0 Å². The Morgan fingerprint density at radius 3 is 3.00 bits per heavy atom. The zero-order valence-electron chi connectivity index (χ0n) is 9.14. The summed E-state index contributed by atoms with van der Waals surface area (Å²) in [5.74, 6) is -0.157. The molecular formula is C13H14O2S. The van der Waals surface area contributed by atoms with Crippen molar-refractivity contribution in [3.05, 3.63) is 35.2 Å². The van der Waals surface area contributed by atoms with Crippen LogP contribution in [0.4, 0.5) is 0 Å². The Balaban J connectivity index is 2.39. The van der Waals surface area contributed by atoms with Gasteiger partial charge in [-0.1, -0.05) is 25.5 Å². The fraction of sp³-hybridized carbons (Fsp3) is 0.308. The van der Waals surface area contributed by atoms with Gasteiger partial charge in [0, 0.05) is 10.3 Å². The second-order valence-electron chi connectivity index (χ2n) is 3.81. The van der Waals surface area contributed by atoms with Crippen molar-refractivity contribution >= 4 is 27.2 Å². The van der Waals surface area contributed by atoms with E-state index in [1.165, 1.54) is 0 Å². The van der Waals surface area contributed by atoms with Crippen LogP contribution in [0.5, 0.6) is 0 Å². The summed E-state index contributed by atoms with van der Waals surface area (Å²) in [5, 5.41) is 12.8. The van der Waals surface area contributed by atoms with Gasteiger partial charge in [-0.05, 0) is 29.3 Å². The summed E-state index contributed by atoms with van der Waals surface area (Å²) < 4.78 is 0.975. The molecule has 1 aromatic heterocycles. The summed E-state index contributed by atoms with van der Waals surface area (Å²) in [4.78, 5) is 12.0. The van der Waals surface area contributed by atoms with Gasteiger partial charge in [0.1, 0.15) is 6.10 Å². The molecule has 1 aromatic carbocycles. The highest BCUT2D eigenvalue weighted by Gasteiger charge is 2.18. The standard InChI is InChI=1S/C13H14O2S/c1-2-4-11(14)12(15)10-6-3-5-9-7-8-16-13(9)10/h3,5-8,11,14H,2,4H2,1H3. The quantitative estimate of drug-likeness (QED) is 0.824. The van der Waals surface area contributed by atoms with E-state index in [9.17, 15) is 9.90 Å². The highest BCUT2D eigenvalue weighted by atomic mass is 32.1. The number of carbonyl (C=O) groups excluding carboxylic acids is 1. The topological polar surface area (TPSA) is 37.3 Å². The van der Waals surface area contributed by atoms with Crippen molar-refractivity contribution in [3.63, 3.8) is 0 Å². The van der Waals surface area contributed by atoms with Gasteiger partial charge >= 0.3 is 0 Å². The van der Waals surface area contributed by atoms with E-state index in [1.807, 2.05) is 30.5 Å². The molecule has 0 spiro atoms. The first-order valence-corrected chi connectivity index (χ1v) is 6.30. The third-order valence-electron chi connectivity index (χ3n) is 2.61. The number of aliphatic hydroxyl groups excluding tert-OH is 1. The van der Waals surface area contributed by atoms with Crippen LogP contribution in [-0.4, -0.2) is 17.0 Å². The van der Waals surface area contributed by atoms with Gasteiger partial charge in [0.15, 0.2) is 5.78 Å². The molecule has 0 aliphatic heterocycles. The van der Waals surface area contributed by atoms with Crippen LogP contribution in [0.3, 0.4) is 0 Å². The van der Waals surface area contributed by atoms with E-state index in [0.29, 0.717) is 12.0 Å². The van der Waals surface area contributed by atoms with E-state index in [2.05, 4.69) is 0 Å². The zero-order chi connectivity index (χ0) is 11.5. The summed E-state index contributed by atoms with van der Waals surface area (Å²) in [7, 11) is 0. The molecule has 1 unspecified atom stereocenters. The molecule has 2 nitrogen and oxygen atoms in total. The van der Waals surface area contributed by atoms with E-state index >= 15 is 0 Å². The molecule has 0 amide bonds. The first kappa shape index (κ1) is 11.3. The lowest BCUT2D eigenvalue weighted by molar-refractivity contribution is 0.0731. The van der Waals surface area contributed by atoms with Gasteiger partial charge in [0.05, 0.1) is 0 Å². The Morgan fingerprint density at radius 1 is 1.44 bits per heavy atom. The van der Waals surface area contributed by atoms with E-state index in [1.54, 1.807) is 17.4 Å². The van der Waals surface area contributed by atoms with Crippen molar-refractivity contribution in [2.24, 2.45) is 0 Å². The summed E-state index contributed by atoms with van der Waals surface area (Å²) in [5.41, 5.74) is 0.647. The van der Waals surface area contributed by atoms with Crippen molar-refractivity contribution in [2.75, 3.05) is 0 Å². The monoisotopic (exact) mass is 234 g/mol. The highest BCUT2D eigenvalue weighted by Crippen LogP contribution is 2.26. The summed E-state index contributed by atoms with van der Waals surface area (Å²) in [6, 6.07) is 7.62. The summed E-state index contributed by atoms with van der Waals surface area (Å²) in [6.45, 7) is 1.96. The van der Waals surface area contributed by atoms with Gasteiger partial charge < -0.3 is 5.11 Å². The van der Waals surface area contributed by atoms with Crippen LogP contribution >= 0.6 is 11.3 Å². The Bertz CT molecular complexity index is 501. The molecule has 2 aromatic rings. The largest absolute Gasteiger partial charge is 0.385 e. The van der Waals surface area contributed by atoms with E-state index in [-0.39, 0.29) is 5.78 Å². The SMILES string of the molecule is CCCC(O)C(=O)c1cccc2ccsc12. The number of thiophene rings is 1. The molecule has 1 atom stereocenters. The average Bonchev–Trinajstić information content (AvgIpc) is 2.76. The van der Waals surface area contributed by atoms with Crippen molar-refractivity contribution in [1.29, 1.82) is 0 Å². The molecule has 1 N–H and O–H groups in total. The second kappa shape index (κ2) is 4.76. The average molecular weight is 234 g/mol. The number of benzene rings is 1. The Hall–Kier alpha value is -1.19. The third kappa shape index (κ3) is 2.01. The highest BCUT2D eigenvalue weighted by molar-refractivity contribution is 7.17. The predicted molar refractivity (Wildman–Crippen MR) is 67.1 cm³/mol. The fourth-order valence-electron chi connectivity index (χ4n) is 1.77. The molecule has 0 bridgehead atoms.